The van der Waals surface area contributed by atoms with E-state index in [0.29, 0.717) is 11.8 Å². The second kappa shape index (κ2) is 10.3. The lowest BCUT2D eigenvalue weighted by Gasteiger charge is -2.34. The summed E-state index contributed by atoms with van der Waals surface area (Å²) in [7, 11) is 0. The first-order valence-corrected chi connectivity index (χ1v) is 12.9. The van der Waals surface area contributed by atoms with Crippen molar-refractivity contribution in [2.45, 2.75) is 64.3 Å². The van der Waals surface area contributed by atoms with Gasteiger partial charge in [0.05, 0.1) is 0 Å². The molecule has 0 aromatic heterocycles. The molecule has 0 bridgehead atoms. The number of nitrogens with zero attached hydrogens (tertiary/aromatic N) is 2. The lowest BCUT2D eigenvalue weighted by atomic mass is 9.82. The summed E-state index contributed by atoms with van der Waals surface area (Å²) in [5.74, 6) is 5.55. The zero-order valence-electron chi connectivity index (χ0n) is 19.7. The van der Waals surface area contributed by atoms with Crippen molar-refractivity contribution in [1.82, 2.24) is 9.62 Å². The Balaban J connectivity index is 1.25. The molecule has 0 atom stereocenters. The van der Waals surface area contributed by atoms with Crippen LogP contribution in [-0.2, 0) is 16.0 Å². The molecule has 2 aliphatic heterocycles. The Kier molecular flexibility index (Phi) is 7.45. The van der Waals surface area contributed by atoms with Gasteiger partial charge in [-0.25, -0.2) is 0 Å². The molecule has 1 spiro atoms. The molecule has 1 aromatic rings. The first kappa shape index (κ1) is 23.8. The minimum atomic E-state index is -0.564. The van der Waals surface area contributed by atoms with Crippen molar-refractivity contribution in [3.05, 3.63) is 29.3 Å². The molecule has 0 radical (unpaired) electrons. The van der Waals surface area contributed by atoms with Crippen molar-refractivity contribution in [1.29, 1.82) is 0 Å². The molecule has 176 valence electrons. The van der Waals surface area contributed by atoms with Crippen molar-refractivity contribution in [2.24, 2.45) is 16.8 Å². The minimum absolute atomic E-state index is 0.0516. The summed E-state index contributed by atoms with van der Waals surface area (Å²) >= 11 is 1.86. The number of anilines is 1. The van der Waals surface area contributed by atoms with Crippen LogP contribution in [0, 0.1) is 31.1 Å². The second-order valence-corrected chi connectivity index (χ2v) is 10.7. The number of rotatable bonds is 6. The number of piperidine rings is 1. The van der Waals surface area contributed by atoms with Gasteiger partial charge >= 0.3 is 0 Å². The van der Waals surface area contributed by atoms with Crippen LogP contribution < -0.4 is 10.6 Å². The van der Waals surface area contributed by atoms with E-state index < -0.39 is 5.54 Å². The zero-order valence-corrected chi connectivity index (χ0v) is 20.5. The number of amidine groups is 1. The quantitative estimate of drug-likeness (QED) is 0.492. The Bertz CT molecular complexity index is 967. The van der Waals surface area contributed by atoms with Crippen molar-refractivity contribution < 1.29 is 9.59 Å². The largest absolute Gasteiger partial charge is 0.326 e. The van der Waals surface area contributed by atoms with Gasteiger partial charge in [0.1, 0.15) is 11.4 Å². The van der Waals surface area contributed by atoms with Crippen molar-refractivity contribution in [3.8, 4) is 12.3 Å². The third-order valence-electron chi connectivity index (χ3n) is 7.21. The summed E-state index contributed by atoms with van der Waals surface area (Å²) in [6.45, 7) is 5.36. The van der Waals surface area contributed by atoms with Crippen molar-refractivity contribution >= 4 is 35.3 Å². The average Bonchev–Trinajstić information content (AvgIpc) is 3.12. The number of carbonyl (C=O) groups is 2. The van der Waals surface area contributed by atoms with Gasteiger partial charge < -0.3 is 10.6 Å². The van der Waals surface area contributed by atoms with Gasteiger partial charge in [-0.2, -0.15) is 0 Å². The van der Waals surface area contributed by atoms with E-state index in [9.17, 15) is 9.59 Å². The fraction of sp³-hybridized carbons (Fsp3) is 0.577. The summed E-state index contributed by atoms with van der Waals surface area (Å²) in [5.41, 5.74) is 2.77. The number of hydrogen-bond acceptors (Lipinski definition) is 5. The van der Waals surface area contributed by atoms with E-state index in [1.807, 2.05) is 24.1 Å². The Morgan fingerprint density at radius 1 is 1.30 bits per heavy atom. The summed E-state index contributed by atoms with van der Waals surface area (Å²) in [5, 5.41) is 5.96. The van der Waals surface area contributed by atoms with Crippen LogP contribution in [0.25, 0.3) is 0 Å². The van der Waals surface area contributed by atoms with Gasteiger partial charge in [-0.05, 0) is 75.1 Å². The molecule has 2 fully saturated rings. The van der Waals surface area contributed by atoms with Gasteiger partial charge in [0.15, 0.2) is 0 Å². The predicted octanol–water partition coefficient (Wildman–Crippen LogP) is 3.95. The molecule has 7 heteroatoms. The first-order valence-electron chi connectivity index (χ1n) is 12.0. The number of nitrogens with one attached hydrogen (secondary N) is 2. The highest BCUT2D eigenvalue weighted by atomic mass is 32.2. The topological polar surface area (TPSA) is 73.8 Å². The molecule has 1 saturated carbocycles. The van der Waals surface area contributed by atoms with Gasteiger partial charge in [-0.1, -0.05) is 18.0 Å². The number of terminal acetylenes is 1. The normalized spacial score (nSPS) is 24.8. The molecular formula is C26H34N4O2S. The second-order valence-electron chi connectivity index (χ2n) is 9.53. The van der Waals surface area contributed by atoms with E-state index >= 15 is 0 Å². The Labute approximate surface area is 201 Å². The number of hydrogen-bond donors (Lipinski definition) is 2. The third kappa shape index (κ3) is 5.62. The van der Waals surface area contributed by atoms with Gasteiger partial charge in [-0.3, -0.25) is 18.9 Å². The van der Waals surface area contributed by atoms with Gasteiger partial charge in [0, 0.05) is 43.3 Å². The monoisotopic (exact) mass is 466 g/mol. The van der Waals surface area contributed by atoms with Gasteiger partial charge in [0.25, 0.3) is 5.91 Å². The first-order chi connectivity index (χ1) is 15.9. The SMILES string of the molecule is C#CC1CCC(C2=NC3(CCN(SCCc4ccc(NC(C)=O)cc4C)CC3)C(=O)N2)CC1. The summed E-state index contributed by atoms with van der Waals surface area (Å²) in [4.78, 5) is 29.1. The van der Waals surface area contributed by atoms with Crippen molar-refractivity contribution in [2.75, 3.05) is 24.2 Å². The van der Waals surface area contributed by atoms with Crippen LogP contribution in [0.1, 0.15) is 56.6 Å². The van der Waals surface area contributed by atoms with Gasteiger partial charge in [-0.15, -0.1) is 12.3 Å². The van der Waals surface area contributed by atoms with Crippen LogP contribution in [-0.4, -0.2) is 46.3 Å². The zero-order chi connectivity index (χ0) is 23.4. The number of amides is 2. The average molecular weight is 467 g/mol. The Morgan fingerprint density at radius 2 is 2.03 bits per heavy atom. The molecule has 1 aromatic carbocycles. The molecular weight excluding hydrogens is 432 g/mol. The molecule has 2 amide bonds. The maximum absolute atomic E-state index is 12.9. The highest BCUT2D eigenvalue weighted by Crippen LogP contribution is 2.36. The van der Waals surface area contributed by atoms with E-state index in [1.54, 1.807) is 0 Å². The molecule has 33 heavy (non-hydrogen) atoms. The number of aliphatic imine (C=N–C) groups is 1. The minimum Gasteiger partial charge on any atom is -0.326 e. The van der Waals surface area contributed by atoms with Crippen molar-refractivity contribution in [3.63, 3.8) is 0 Å². The van der Waals surface area contributed by atoms with Crippen LogP contribution in [0.5, 0.6) is 0 Å². The Morgan fingerprint density at radius 3 is 2.67 bits per heavy atom. The highest BCUT2D eigenvalue weighted by Gasteiger charge is 2.47. The van der Waals surface area contributed by atoms with E-state index in [-0.39, 0.29) is 11.8 Å². The lowest BCUT2D eigenvalue weighted by molar-refractivity contribution is -0.125. The number of carbonyl (C=O) groups excluding carboxylic acids is 2. The summed E-state index contributed by atoms with van der Waals surface area (Å²) in [6.07, 6.45) is 12.2. The molecule has 2 heterocycles. The summed E-state index contributed by atoms with van der Waals surface area (Å²) in [6, 6.07) is 6.09. The number of benzene rings is 1. The van der Waals surface area contributed by atoms with Crippen LogP contribution in [0.4, 0.5) is 5.69 Å². The molecule has 1 saturated heterocycles. The standard InChI is InChI=1S/C26H34N4O2S/c1-4-20-5-7-22(8-6-20)24-28-25(32)26(29-24)12-14-30(15-13-26)33-16-11-21-9-10-23(17-18(21)2)27-19(3)31/h1,9-10,17,20,22H,5-8,11-16H2,2-3H3,(H,27,31)(H,28,29,32). The third-order valence-corrected chi connectivity index (χ3v) is 8.32. The Hall–Kier alpha value is -2.30. The van der Waals surface area contributed by atoms with E-state index in [2.05, 4.69) is 33.8 Å². The number of aryl methyl sites for hydroxylation is 2. The van der Waals surface area contributed by atoms with Crippen LogP contribution in [0.15, 0.2) is 23.2 Å². The van der Waals surface area contributed by atoms with E-state index in [4.69, 9.17) is 11.4 Å². The van der Waals surface area contributed by atoms with Gasteiger partial charge in [0.2, 0.25) is 5.91 Å². The van der Waals surface area contributed by atoms with Crippen LogP contribution in [0.2, 0.25) is 0 Å². The maximum Gasteiger partial charge on any atom is 0.253 e. The molecule has 1 aliphatic carbocycles. The lowest BCUT2D eigenvalue weighted by Crippen LogP contribution is -2.47. The molecule has 2 N–H and O–H groups in total. The molecule has 0 unspecified atom stereocenters. The molecule has 4 rings (SSSR count). The van der Waals surface area contributed by atoms with Crippen LogP contribution in [0.3, 0.4) is 0 Å². The maximum atomic E-state index is 12.9. The smallest absolute Gasteiger partial charge is 0.253 e. The van der Waals surface area contributed by atoms with E-state index in [0.717, 1.165) is 75.3 Å². The van der Waals surface area contributed by atoms with E-state index in [1.165, 1.54) is 18.1 Å². The molecule has 3 aliphatic rings. The fourth-order valence-electron chi connectivity index (χ4n) is 5.14. The summed E-state index contributed by atoms with van der Waals surface area (Å²) < 4.78 is 2.38. The highest BCUT2D eigenvalue weighted by molar-refractivity contribution is 7.97. The van der Waals surface area contributed by atoms with Crippen LogP contribution >= 0.6 is 11.9 Å². The predicted molar refractivity (Wildman–Crippen MR) is 135 cm³/mol. The molecule has 6 nitrogen and oxygen atoms in total. The fourth-order valence-corrected chi connectivity index (χ4v) is 6.15.